The van der Waals surface area contributed by atoms with Crippen LogP contribution in [0.15, 0.2) is 36.5 Å². The van der Waals surface area contributed by atoms with Gasteiger partial charge in [-0.05, 0) is 23.8 Å². The predicted molar refractivity (Wildman–Crippen MR) is 62.0 cm³/mol. The number of nitrogens with zero attached hydrogens (tertiary/aromatic N) is 2. The summed E-state index contributed by atoms with van der Waals surface area (Å²) in [5, 5.41) is 10.4. The standard InChI is InChI=1S/C12H10F3N3/c1-16-11-6-9(7-17-18-11)8-2-4-10(5-3-8)12(13,14)15/h2-7H,1H3,(H,16,18). The van der Waals surface area contributed by atoms with Crippen molar-refractivity contribution >= 4 is 5.82 Å². The molecule has 0 fully saturated rings. The summed E-state index contributed by atoms with van der Waals surface area (Å²) in [4.78, 5) is 0. The number of hydrogen-bond donors (Lipinski definition) is 1. The molecule has 3 nitrogen and oxygen atoms in total. The van der Waals surface area contributed by atoms with Gasteiger partial charge in [0.2, 0.25) is 0 Å². The van der Waals surface area contributed by atoms with E-state index >= 15 is 0 Å². The summed E-state index contributed by atoms with van der Waals surface area (Å²) < 4.78 is 37.2. The van der Waals surface area contributed by atoms with Gasteiger partial charge in [0.1, 0.15) is 5.82 Å². The van der Waals surface area contributed by atoms with Gasteiger partial charge < -0.3 is 5.32 Å². The van der Waals surface area contributed by atoms with E-state index in [0.717, 1.165) is 12.1 Å². The number of benzene rings is 1. The highest BCUT2D eigenvalue weighted by molar-refractivity contribution is 5.65. The van der Waals surface area contributed by atoms with E-state index in [1.54, 1.807) is 13.1 Å². The monoisotopic (exact) mass is 253 g/mol. The zero-order valence-corrected chi connectivity index (χ0v) is 9.49. The number of anilines is 1. The molecule has 0 saturated carbocycles. The topological polar surface area (TPSA) is 37.8 Å². The van der Waals surface area contributed by atoms with Crippen LogP contribution < -0.4 is 5.32 Å². The zero-order chi connectivity index (χ0) is 13.2. The van der Waals surface area contributed by atoms with Crippen molar-refractivity contribution in [2.24, 2.45) is 0 Å². The molecule has 94 valence electrons. The molecule has 0 amide bonds. The molecule has 1 aromatic carbocycles. The Balaban J connectivity index is 2.34. The molecule has 1 N–H and O–H groups in total. The van der Waals surface area contributed by atoms with Gasteiger partial charge in [0.25, 0.3) is 0 Å². The Morgan fingerprint density at radius 1 is 1.06 bits per heavy atom. The molecule has 0 bridgehead atoms. The SMILES string of the molecule is CNc1cc(-c2ccc(C(F)(F)F)cc2)cnn1. The van der Waals surface area contributed by atoms with Crippen molar-refractivity contribution in [2.75, 3.05) is 12.4 Å². The van der Waals surface area contributed by atoms with Gasteiger partial charge in [-0.1, -0.05) is 12.1 Å². The molecule has 2 rings (SSSR count). The van der Waals surface area contributed by atoms with Gasteiger partial charge in [0.15, 0.2) is 0 Å². The molecule has 0 saturated heterocycles. The van der Waals surface area contributed by atoms with Crippen LogP contribution in [0.25, 0.3) is 11.1 Å². The lowest BCUT2D eigenvalue weighted by atomic mass is 10.1. The maximum atomic E-state index is 12.4. The van der Waals surface area contributed by atoms with E-state index in [4.69, 9.17) is 0 Å². The second-order valence-corrected chi connectivity index (χ2v) is 3.65. The quantitative estimate of drug-likeness (QED) is 0.893. The molecule has 0 unspecified atom stereocenters. The first kappa shape index (κ1) is 12.3. The second-order valence-electron chi connectivity index (χ2n) is 3.65. The van der Waals surface area contributed by atoms with E-state index < -0.39 is 11.7 Å². The second kappa shape index (κ2) is 4.64. The van der Waals surface area contributed by atoms with Crippen molar-refractivity contribution in [2.45, 2.75) is 6.18 Å². The van der Waals surface area contributed by atoms with Crippen molar-refractivity contribution in [1.29, 1.82) is 0 Å². The third-order valence-corrected chi connectivity index (χ3v) is 2.46. The fourth-order valence-electron chi connectivity index (χ4n) is 1.50. The fraction of sp³-hybridized carbons (Fsp3) is 0.167. The maximum Gasteiger partial charge on any atom is 0.416 e. The number of rotatable bonds is 2. The first-order valence-electron chi connectivity index (χ1n) is 5.19. The van der Waals surface area contributed by atoms with Gasteiger partial charge in [-0.2, -0.15) is 18.3 Å². The molecule has 0 aliphatic rings. The molecular formula is C12H10F3N3. The first-order chi connectivity index (χ1) is 8.50. The Hall–Kier alpha value is -2.11. The minimum Gasteiger partial charge on any atom is -0.372 e. The molecule has 0 aliphatic carbocycles. The average molecular weight is 253 g/mol. The first-order valence-corrected chi connectivity index (χ1v) is 5.19. The van der Waals surface area contributed by atoms with E-state index in [9.17, 15) is 13.2 Å². The van der Waals surface area contributed by atoms with Gasteiger partial charge in [-0.15, -0.1) is 5.10 Å². The highest BCUT2D eigenvalue weighted by Gasteiger charge is 2.29. The van der Waals surface area contributed by atoms with E-state index in [-0.39, 0.29) is 0 Å². The third-order valence-electron chi connectivity index (χ3n) is 2.46. The largest absolute Gasteiger partial charge is 0.416 e. The third kappa shape index (κ3) is 2.58. The zero-order valence-electron chi connectivity index (χ0n) is 9.49. The Morgan fingerprint density at radius 3 is 2.28 bits per heavy atom. The van der Waals surface area contributed by atoms with E-state index in [1.165, 1.54) is 18.3 Å². The van der Waals surface area contributed by atoms with Gasteiger partial charge in [-0.25, -0.2) is 0 Å². The summed E-state index contributed by atoms with van der Waals surface area (Å²) in [6.45, 7) is 0. The van der Waals surface area contributed by atoms with Crippen molar-refractivity contribution in [3.8, 4) is 11.1 Å². The molecule has 1 aromatic heterocycles. The van der Waals surface area contributed by atoms with Crippen LogP contribution in [0.5, 0.6) is 0 Å². The van der Waals surface area contributed by atoms with Crippen LogP contribution in [0, 0.1) is 0 Å². The Bertz CT molecular complexity index is 535. The van der Waals surface area contributed by atoms with E-state index in [1.807, 2.05) is 0 Å². The van der Waals surface area contributed by atoms with Crippen LogP contribution in [0.4, 0.5) is 19.0 Å². The van der Waals surface area contributed by atoms with Crippen LogP contribution in [-0.4, -0.2) is 17.2 Å². The number of halogens is 3. The Morgan fingerprint density at radius 2 is 1.72 bits per heavy atom. The summed E-state index contributed by atoms with van der Waals surface area (Å²) in [5.74, 6) is 0.562. The number of alkyl halides is 3. The molecule has 0 atom stereocenters. The lowest BCUT2D eigenvalue weighted by Gasteiger charge is -2.08. The fourth-order valence-corrected chi connectivity index (χ4v) is 1.50. The summed E-state index contributed by atoms with van der Waals surface area (Å²) >= 11 is 0. The highest BCUT2D eigenvalue weighted by Crippen LogP contribution is 2.30. The minimum absolute atomic E-state index is 0.562. The van der Waals surface area contributed by atoms with E-state index in [2.05, 4.69) is 15.5 Å². The van der Waals surface area contributed by atoms with Crippen molar-refractivity contribution in [3.05, 3.63) is 42.1 Å². The maximum absolute atomic E-state index is 12.4. The predicted octanol–water partition coefficient (Wildman–Crippen LogP) is 3.20. The van der Waals surface area contributed by atoms with Crippen molar-refractivity contribution < 1.29 is 13.2 Å². The van der Waals surface area contributed by atoms with Crippen LogP contribution >= 0.6 is 0 Å². The molecule has 6 heteroatoms. The van der Waals surface area contributed by atoms with Gasteiger partial charge in [0, 0.05) is 12.6 Å². The van der Waals surface area contributed by atoms with Gasteiger partial charge in [-0.3, -0.25) is 0 Å². The van der Waals surface area contributed by atoms with Crippen molar-refractivity contribution in [1.82, 2.24) is 10.2 Å². The van der Waals surface area contributed by atoms with Crippen LogP contribution in [-0.2, 0) is 6.18 Å². The Labute approximate surface area is 102 Å². The lowest BCUT2D eigenvalue weighted by Crippen LogP contribution is -2.04. The number of nitrogens with one attached hydrogen (secondary N) is 1. The summed E-state index contributed by atoms with van der Waals surface area (Å²) in [7, 11) is 1.69. The summed E-state index contributed by atoms with van der Waals surface area (Å²) in [6, 6.07) is 6.65. The molecular weight excluding hydrogens is 243 g/mol. The van der Waals surface area contributed by atoms with E-state index in [0.29, 0.717) is 16.9 Å². The van der Waals surface area contributed by atoms with Crippen LogP contribution in [0.3, 0.4) is 0 Å². The molecule has 0 radical (unpaired) electrons. The lowest BCUT2D eigenvalue weighted by molar-refractivity contribution is -0.137. The highest BCUT2D eigenvalue weighted by atomic mass is 19.4. The normalized spacial score (nSPS) is 11.3. The van der Waals surface area contributed by atoms with Gasteiger partial charge in [0.05, 0.1) is 11.8 Å². The smallest absolute Gasteiger partial charge is 0.372 e. The van der Waals surface area contributed by atoms with Crippen molar-refractivity contribution in [3.63, 3.8) is 0 Å². The number of aromatic nitrogens is 2. The molecule has 1 heterocycles. The average Bonchev–Trinajstić information content (AvgIpc) is 2.38. The number of hydrogen-bond acceptors (Lipinski definition) is 3. The molecule has 2 aromatic rings. The van der Waals surface area contributed by atoms with Gasteiger partial charge >= 0.3 is 6.18 Å². The molecule has 0 spiro atoms. The van der Waals surface area contributed by atoms with Crippen LogP contribution in [0.1, 0.15) is 5.56 Å². The summed E-state index contributed by atoms with van der Waals surface area (Å²) in [5.41, 5.74) is 0.708. The Kier molecular flexibility index (Phi) is 3.18. The summed E-state index contributed by atoms with van der Waals surface area (Å²) in [6.07, 6.45) is -2.81. The minimum atomic E-state index is -4.31. The van der Waals surface area contributed by atoms with Crippen LogP contribution in [0.2, 0.25) is 0 Å². The molecule has 18 heavy (non-hydrogen) atoms. The molecule has 0 aliphatic heterocycles.